The number of carbonyl (C=O) groups excluding carboxylic acids is 1. The van der Waals surface area contributed by atoms with Gasteiger partial charge in [-0.3, -0.25) is 0 Å². The van der Waals surface area contributed by atoms with E-state index in [9.17, 15) is 40.5 Å². The van der Waals surface area contributed by atoms with Gasteiger partial charge in [0.05, 0.1) is 11.7 Å². The van der Waals surface area contributed by atoms with Crippen molar-refractivity contribution in [2.45, 2.75) is 56.6 Å². The van der Waals surface area contributed by atoms with Gasteiger partial charge in [-0.1, -0.05) is 12.1 Å². The molecule has 1 saturated heterocycles. The number of carbonyl (C=O) groups is 1. The fraction of sp³-hybridized carbons (Fsp3) is 0.435. The Hall–Kier alpha value is -3.09. The first-order chi connectivity index (χ1) is 16.1. The van der Waals surface area contributed by atoms with E-state index in [0.717, 1.165) is 17.7 Å². The highest BCUT2D eigenvalue weighted by Crippen LogP contribution is 2.35. The second kappa shape index (κ2) is 10.9. The molecular weight excluding hydrogens is 452 g/mol. The minimum absolute atomic E-state index is 0.157. The van der Waals surface area contributed by atoms with E-state index in [4.69, 9.17) is 14.2 Å². The highest BCUT2D eigenvalue weighted by atomic mass is 16.7. The molecule has 186 valence electrons. The highest BCUT2D eigenvalue weighted by molar-refractivity contribution is 5.91. The van der Waals surface area contributed by atoms with Crippen molar-refractivity contribution in [1.29, 1.82) is 0 Å². The van der Waals surface area contributed by atoms with Crippen molar-refractivity contribution in [1.82, 2.24) is 0 Å². The molecule has 2 aromatic rings. The zero-order chi connectivity index (χ0) is 25.0. The molecule has 0 spiro atoms. The third-order valence-corrected chi connectivity index (χ3v) is 5.49. The number of esters is 1. The molecule has 1 aliphatic heterocycles. The predicted molar refractivity (Wildman–Crippen MR) is 115 cm³/mol. The first-order valence-electron chi connectivity index (χ1n) is 10.6. The van der Waals surface area contributed by atoms with Gasteiger partial charge in [-0.25, -0.2) is 4.79 Å². The number of ether oxygens (including phenoxy) is 3. The second-order valence-corrected chi connectivity index (χ2v) is 8.13. The average Bonchev–Trinajstić information content (AvgIpc) is 2.81. The Morgan fingerprint density at radius 1 is 0.971 bits per heavy atom. The summed E-state index contributed by atoms with van der Waals surface area (Å²) in [7, 11) is 0. The van der Waals surface area contributed by atoms with Crippen LogP contribution in [0.3, 0.4) is 0 Å². The Morgan fingerprint density at radius 3 is 2.21 bits per heavy atom. The summed E-state index contributed by atoms with van der Waals surface area (Å²) in [4.78, 5) is 12.2. The third-order valence-electron chi connectivity index (χ3n) is 5.49. The number of aromatic hydroxyl groups is 4. The maximum atomic E-state index is 12.2. The molecule has 34 heavy (non-hydrogen) atoms. The van der Waals surface area contributed by atoms with Gasteiger partial charge in [0.25, 0.3) is 0 Å². The maximum Gasteiger partial charge on any atom is 0.338 e. The SMILES string of the molecule is CC(CCc1ccc(O)cc1)OC1OC(COC(=O)c2cc(O)c(O)c(O)c2)C(O)C(O)C1O. The van der Waals surface area contributed by atoms with Gasteiger partial charge in [0.1, 0.15) is 36.8 Å². The van der Waals surface area contributed by atoms with Gasteiger partial charge in [0.2, 0.25) is 0 Å². The van der Waals surface area contributed by atoms with E-state index >= 15 is 0 Å². The number of phenolic OH excluding ortho intramolecular Hbond substituents is 4. The molecule has 0 saturated carbocycles. The van der Waals surface area contributed by atoms with Crippen LogP contribution in [0.5, 0.6) is 23.0 Å². The maximum absolute atomic E-state index is 12.2. The fourth-order valence-electron chi connectivity index (χ4n) is 3.46. The molecule has 11 heteroatoms. The minimum Gasteiger partial charge on any atom is -0.508 e. The van der Waals surface area contributed by atoms with E-state index in [1.54, 1.807) is 31.2 Å². The highest BCUT2D eigenvalue weighted by Gasteiger charge is 2.45. The monoisotopic (exact) mass is 480 g/mol. The van der Waals surface area contributed by atoms with E-state index in [2.05, 4.69) is 0 Å². The number of phenols is 4. The molecule has 3 rings (SSSR count). The first kappa shape index (κ1) is 25.5. The molecule has 6 atom stereocenters. The minimum atomic E-state index is -1.63. The first-order valence-corrected chi connectivity index (χ1v) is 10.6. The number of aliphatic hydroxyl groups is 3. The standard InChI is InChI=1S/C23H28O11/c1-11(2-3-12-4-6-14(24)7-5-12)33-23-21(30)20(29)19(28)17(34-23)10-32-22(31)13-8-15(25)18(27)16(26)9-13/h4-9,11,17,19-21,23-30H,2-3,10H2,1H3. The van der Waals surface area contributed by atoms with Crippen LogP contribution in [0.4, 0.5) is 0 Å². The van der Waals surface area contributed by atoms with Crippen molar-refractivity contribution < 1.29 is 54.8 Å². The zero-order valence-corrected chi connectivity index (χ0v) is 18.3. The van der Waals surface area contributed by atoms with Gasteiger partial charge < -0.3 is 50.0 Å². The largest absolute Gasteiger partial charge is 0.508 e. The number of aliphatic hydroxyl groups excluding tert-OH is 3. The van der Waals surface area contributed by atoms with Crippen LogP contribution in [0.25, 0.3) is 0 Å². The Bertz CT molecular complexity index is 954. The van der Waals surface area contributed by atoms with Crippen LogP contribution in [0, 0.1) is 0 Å². The number of benzene rings is 2. The van der Waals surface area contributed by atoms with Crippen molar-refractivity contribution in [3.8, 4) is 23.0 Å². The lowest BCUT2D eigenvalue weighted by Crippen LogP contribution is -2.59. The molecule has 0 aromatic heterocycles. The molecule has 11 nitrogen and oxygen atoms in total. The summed E-state index contributed by atoms with van der Waals surface area (Å²) in [6, 6.07) is 8.45. The molecule has 1 aliphatic rings. The van der Waals surface area contributed by atoms with Crippen LogP contribution >= 0.6 is 0 Å². The summed E-state index contributed by atoms with van der Waals surface area (Å²) in [6.45, 7) is 1.21. The number of aryl methyl sites for hydroxylation is 1. The lowest BCUT2D eigenvalue weighted by molar-refractivity contribution is -0.310. The van der Waals surface area contributed by atoms with Gasteiger partial charge in [-0.15, -0.1) is 0 Å². The summed E-state index contributed by atoms with van der Waals surface area (Å²) in [5.41, 5.74) is 0.694. The Kier molecular flexibility index (Phi) is 8.18. The van der Waals surface area contributed by atoms with Crippen LogP contribution in [0.15, 0.2) is 36.4 Å². The van der Waals surface area contributed by atoms with Crippen LogP contribution in [-0.4, -0.2) is 85.1 Å². The van der Waals surface area contributed by atoms with Crippen molar-refractivity contribution >= 4 is 5.97 Å². The molecule has 0 radical (unpaired) electrons. The molecule has 0 amide bonds. The van der Waals surface area contributed by atoms with Gasteiger partial charge >= 0.3 is 5.97 Å². The van der Waals surface area contributed by atoms with Gasteiger partial charge in [-0.05, 0) is 49.6 Å². The lowest BCUT2D eigenvalue weighted by Gasteiger charge is -2.40. The Labute approximate surface area is 195 Å². The molecule has 0 bridgehead atoms. The lowest BCUT2D eigenvalue weighted by atomic mass is 9.99. The van der Waals surface area contributed by atoms with E-state index in [-0.39, 0.29) is 11.3 Å². The van der Waals surface area contributed by atoms with E-state index in [0.29, 0.717) is 12.8 Å². The van der Waals surface area contributed by atoms with Crippen molar-refractivity contribution in [2.24, 2.45) is 0 Å². The van der Waals surface area contributed by atoms with Crippen LogP contribution in [-0.2, 0) is 20.6 Å². The van der Waals surface area contributed by atoms with Crippen LogP contribution in [0.1, 0.15) is 29.3 Å². The Morgan fingerprint density at radius 2 is 1.59 bits per heavy atom. The van der Waals surface area contributed by atoms with Crippen LogP contribution in [0.2, 0.25) is 0 Å². The summed E-state index contributed by atoms with van der Waals surface area (Å²) < 4.78 is 16.3. The second-order valence-electron chi connectivity index (χ2n) is 8.13. The number of hydrogen-bond acceptors (Lipinski definition) is 11. The topological polar surface area (TPSA) is 186 Å². The summed E-state index contributed by atoms with van der Waals surface area (Å²) >= 11 is 0. The van der Waals surface area contributed by atoms with Crippen LogP contribution < -0.4 is 0 Å². The molecular formula is C23H28O11. The Balaban J connectivity index is 1.57. The normalized spacial score (nSPS) is 25.6. The molecule has 7 N–H and O–H groups in total. The molecule has 1 fully saturated rings. The number of rotatable bonds is 8. The third kappa shape index (κ3) is 6.07. The molecule has 1 heterocycles. The van der Waals surface area contributed by atoms with Crippen molar-refractivity contribution in [2.75, 3.05) is 6.61 Å². The van der Waals surface area contributed by atoms with Crippen molar-refractivity contribution in [3.05, 3.63) is 47.5 Å². The summed E-state index contributed by atoms with van der Waals surface area (Å²) in [6.07, 6.45) is -6.59. The summed E-state index contributed by atoms with van der Waals surface area (Å²) in [5, 5.41) is 68.5. The summed E-state index contributed by atoms with van der Waals surface area (Å²) in [5.74, 6) is -3.09. The fourth-order valence-corrected chi connectivity index (χ4v) is 3.46. The van der Waals surface area contributed by atoms with Gasteiger partial charge in [-0.2, -0.15) is 0 Å². The van der Waals surface area contributed by atoms with E-state index in [1.807, 2.05) is 0 Å². The smallest absolute Gasteiger partial charge is 0.338 e. The zero-order valence-electron chi connectivity index (χ0n) is 18.3. The molecule has 0 aliphatic carbocycles. The van der Waals surface area contributed by atoms with Gasteiger partial charge in [0.15, 0.2) is 23.5 Å². The van der Waals surface area contributed by atoms with E-state index in [1.165, 1.54) is 0 Å². The molecule has 6 unspecified atom stereocenters. The predicted octanol–water partition coefficient (Wildman–Crippen LogP) is 0.511. The van der Waals surface area contributed by atoms with Crippen molar-refractivity contribution in [3.63, 3.8) is 0 Å². The average molecular weight is 480 g/mol. The molecule has 2 aromatic carbocycles. The quantitative estimate of drug-likeness (QED) is 0.206. The van der Waals surface area contributed by atoms with Gasteiger partial charge in [0, 0.05) is 0 Å². The van der Waals surface area contributed by atoms with E-state index < -0.39 is 66.6 Å². The number of hydrogen-bond donors (Lipinski definition) is 7.